The highest BCUT2D eigenvalue weighted by Gasteiger charge is 1.86. The molecule has 0 heterocycles. The zero-order chi connectivity index (χ0) is 11.9. The summed E-state index contributed by atoms with van der Waals surface area (Å²) in [4.78, 5) is 0. The predicted molar refractivity (Wildman–Crippen MR) is 86.5 cm³/mol. The molecule has 0 fully saturated rings. The van der Waals surface area contributed by atoms with Crippen LogP contribution in [0.3, 0.4) is 0 Å². The molecule has 0 bridgehead atoms. The van der Waals surface area contributed by atoms with Gasteiger partial charge >= 0.3 is 0 Å². The summed E-state index contributed by atoms with van der Waals surface area (Å²) in [5.74, 6) is 0.802. The van der Waals surface area contributed by atoms with E-state index in [1.165, 1.54) is 6.42 Å². The molecular weight excluding hydrogens is 224 g/mol. The fourth-order valence-corrected chi connectivity index (χ4v) is 0.680. The maximum atomic E-state index is 8.40. The van der Waals surface area contributed by atoms with Crippen molar-refractivity contribution in [1.82, 2.24) is 0 Å². The molecule has 0 amide bonds. The predicted octanol–water partition coefficient (Wildman–Crippen LogP) is 5.41. The van der Waals surface area contributed by atoms with Gasteiger partial charge in [-0.3, -0.25) is 0 Å². The molecule has 2 heteroatoms. The average molecular weight is 260 g/mol. The van der Waals surface area contributed by atoms with Crippen molar-refractivity contribution in [3.05, 3.63) is 30.3 Å². The number of para-hydroxylation sites is 1. The first-order valence-electron chi connectivity index (χ1n) is 5.63. The Morgan fingerprint density at radius 3 is 1.67 bits per heavy atom. The molecule has 0 saturated heterocycles. The van der Waals surface area contributed by atoms with Crippen molar-refractivity contribution in [3.63, 3.8) is 0 Å². The Morgan fingerprint density at radius 1 is 0.944 bits per heavy atom. The SMILES string of the molecule is C.C.C.CC.CCC.OCCOc1ccccc1. The number of hydrogen-bond acceptors (Lipinski definition) is 2. The van der Waals surface area contributed by atoms with Crippen molar-refractivity contribution in [2.24, 2.45) is 0 Å². The number of benzene rings is 1. The Morgan fingerprint density at radius 2 is 1.33 bits per heavy atom. The lowest BCUT2D eigenvalue weighted by Gasteiger charge is -2.01. The first-order chi connectivity index (χ1) is 7.35. The van der Waals surface area contributed by atoms with Crippen LogP contribution in [0, 0.1) is 0 Å². The van der Waals surface area contributed by atoms with Gasteiger partial charge in [-0.15, -0.1) is 0 Å². The van der Waals surface area contributed by atoms with Crippen LogP contribution in [0.2, 0.25) is 0 Å². The molecule has 1 rings (SSSR count). The van der Waals surface area contributed by atoms with Crippen LogP contribution in [0.15, 0.2) is 30.3 Å². The summed E-state index contributed by atoms with van der Waals surface area (Å²) in [6.07, 6.45) is 1.25. The summed E-state index contributed by atoms with van der Waals surface area (Å²) in [5.41, 5.74) is 0. The first kappa shape index (κ1) is 30.2. The molecule has 0 unspecified atom stereocenters. The van der Waals surface area contributed by atoms with E-state index in [9.17, 15) is 0 Å². The number of hydrogen-bond donors (Lipinski definition) is 1. The van der Waals surface area contributed by atoms with Crippen molar-refractivity contribution < 1.29 is 9.84 Å². The van der Waals surface area contributed by atoms with Crippen molar-refractivity contribution in [2.75, 3.05) is 13.2 Å². The third-order valence-corrected chi connectivity index (χ3v) is 1.10. The Labute approximate surface area is 116 Å². The highest BCUT2D eigenvalue weighted by Crippen LogP contribution is 2.06. The van der Waals surface area contributed by atoms with Gasteiger partial charge in [-0.05, 0) is 12.1 Å². The van der Waals surface area contributed by atoms with Crippen LogP contribution < -0.4 is 4.74 Å². The topological polar surface area (TPSA) is 29.5 Å². The summed E-state index contributed by atoms with van der Waals surface area (Å²) in [6, 6.07) is 9.43. The van der Waals surface area contributed by atoms with Crippen molar-refractivity contribution in [3.8, 4) is 5.75 Å². The zero-order valence-corrected chi connectivity index (χ0v) is 10.4. The lowest BCUT2D eigenvalue weighted by Crippen LogP contribution is -2.00. The Hall–Kier alpha value is -1.02. The molecule has 0 spiro atoms. The smallest absolute Gasteiger partial charge is 0.119 e. The second-order valence-corrected chi connectivity index (χ2v) is 2.59. The van der Waals surface area contributed by atoms with E-state index in [2.05, 4.69) is 13.8 Å². The molecule has 2 nitrogen and oxygen atoms in total. The van der Waals surface area contributed by atoms with E-state index in [-0.39, 0.29) is 28.9 Å². The molecular formula is C16H36O2. The molecule has 0 aliphatic carbocycles. The van der Waals surface area contributed by atoms with Crippen molar-refractivity contribution in [2.45, 2.75) is 56.4 Å². The van der Waals surface area contributed by atoms with Gasteiger partial charge in [-0.2, -0.15) is 0 Å². The summed E-state index contributed by atoms with van der Waals surface area (Å²) < 4.78 is 5.11. The molecule has 0 saturated carbocycles. The van der Waals surface area contributed by atoms with Crippen LogP contribution >= 0.6 is 0 Å². The van der Waals surface area contributed by atoms with Crippen LogP contribution in [0.25, 0.3) is 0 Å². The average Bonchev–Trinajstić information content (AvgIpc) is 2.31. The minimum absolute atomic E-state index is 0. The maximum Gasteiger partial charge on any atom is 0.119 e. The molecule has 0 aliphatic rings. The van der Waals surface area contributed by atoms with Gasteiger partial charge in [0, 0.05) is 0 Å². The quantitative estimate of drug-likeness (QED) is 0.787. The minimum atomic E-state index is 0. The highest BCUT2D eigenvalue weighted by atomic mass is 16.5. The molecule has 0 aliphatic heterocycles. The van der Waals surface area contributed by atoms with E-state index in [1.807, 2.05) is 44.2 Å². The zero-order valence-electron chi connectivity index (χ0n) is 10.4. The van der Waals surface area contributed by atoms with Gasteiger partial charge in [0.25, 0.3) is 0 Å². The third-order valence-electron chi connectivity index (χ3n) is 1.10. The van der Waals surface area contributed by atoms with E-state index < -0.39 is 0 Å². The Bertz CT molecular complexity index is 186. The summed E-state index contributed by atoms with van der Waals surface area (Å²) in [6.45, 7) is 8.68. The Balaban J connectivity index is -0.0000000627. The molecule has 0 aromatic heterocycles. The highest BCUT2D eigenvalue weighted by molar-refractivity contribution is 5.20. The fraction of sp³-hybridized carbons (Fsp3) is 0.625. The van der Waals surface area contributed by atoms with Gasteiger partial charge in [0.05, 0.1) is 6.61 Å². The minimum Gasteiger partial charge on any atom is -0.491 e. The van der Waals surface area contributed by atoms with E-state index in [0.29, 0.717) is 6.61 Å². The third kappa shape index (κ3) is 24.3. The number of ether oxygens (including phenoxy) is 1. The molecule has 1 N–H and O–H groups in total. The van der Waals surface area contributed by atoms with Gasteiger partial charge in [-0.1, -0.05) is 74.6 Å². The molecule has 112 valence electrons. The number of rotatable bonds is 3. The molecule has 1 aromatic rings. The normalized spacial score (nSPS) is 6.50. The van der Waals surface area contributed by atoms with Crippen LogP contribution in [0.5, 0.6) is 5.75 Å². The molecule has 1 aromatic carbocycles. The summed E-state index contributed by atoms with van der Waals surface area (Å²) in [5, 5.41) is 8.40. The molecule has 0 radical (unpaired) electrons. The second kappa shape index (κ2) is 29.7. The monoisotopic (exact) mass is 260 g/mol. The second-order valence-electron chi connectivity index (χ2n) is 2.59. The lowest BCUT2D eigenvalue weighted by atomic mass is 10.3. The first-order valence-corrected chi connectivity index (χ1v) is 5.63. The van der Waals surface area contributed by atoms with Crippen molar-refractivity contribution >= 4 is 0 Å². The van der Waals surface area contributed by atoms with Crippen LogP contribution in [0.4, 0.5) is 0 Å². The van der Waals surface area contributed by atoms with Crippen LogP contribution in [-0.2, 0) is 0 Å². The maximum absolute atomic E-state index is 8.40. The van der Waals surface area contributed by atoms with Gasteiger partial charge in [0.15, 0.2) is 0 Å². The Kier molecular flexibility index (Phi) is 49.9. The summed E-state index contributed by atoms with van der Waals surface area (Å²) in [7, 11) is 0. The fourth-order valence-electron chi connectivity index (χ4n) is 0.680. The number of aliphatic hydroxyl groups is 1. The number of aliphatic hydroxyl groups excluding tert-OH is 1. The van der Waals surface area contributed by atoms with Gasteiger partial charge in [-0.25, -0.2) is 0 Å². The van der Waals surface area contributed by atoms with Gasteiger partial charge in [0.1, 0.15) is 12.4 Å². The standard InChI is InChI=1S/C8H10O2.C3H8.C2H6.3CH4/c9-6-7-10-8-4-2-1-3-5-8;1-3-2;1-2;;;/h1-5,9H,6-7H2;3H2,1-2H3;1-2H3;3*1H4. The van der Waals surface area contributed by atoms with Gasteiger partial charge < -0.3 is 9.84 Å². The van der Waals surface area contributed by atoms with Crippen LogP contribution in [-0.4, -0.2) is 18.3 Å². The van der Waals surface area contributed by atoms with E-state index in [4.69, 9.17) is 9.84 Å². The summed E-state index contributed by atoms with van der Waals surface area (Å²) >= 11 is 0. The molecule has 18 heavy (non-hydrogen) atoms. The van der Waals surface area contributed by atoms with Crippen LogP contribution in [0.1, 0.15) is 56.4 Å². The van der Waals surface area contributed by atoms with Gasteiger partial charge in [0.2, 0.25) is 0 Å². The molecule has 0 atom stereocenters. The van der Waals surface area contributed by atoms with E-state index >= 15 is 0 Å². The van der Waals surface area contributed by atoms with E-state index in [1.54, 1.807) is 0 Å². The van der Waals surface area contributed by atoms with E-state index in [0.717, 1.165) is 5.75 Å². The lowest BCUT2D eigenvalue weighted by molar-refractivity contribution is 0.201. The largest absolute Gasteiger partial charge is 0.491 e. The van der Waals surface area contributed by atoms with Crippen molar-refractivity contribution in [1.29, 1.82) is 0 Å².